The molecule has 1 aromatic rings. The van der Waals surface area contributed by atoms with Crippen LogP contribution in [0.2, 0.25) is 0 Å². The van der Waals surface area contributed by atoms with Gasteiger partial charge in [-0.3, -0.25) is 9.59 Å². The number of carboxylic acids is 1. The Morgan fingerprint density at radius 3 is 2.22 bits per heavy atom. The van der Waals surface area contributed by atoms with E-state index in [4.69, 9.17) is 14.6 Å². The average molecular weight is 317 g/mol. The van der Waals surface area contributed by atoms with Crippen molar-refractivity contribution in [2.24, 2.45) is 0 Å². The number of aliphatic carboxylic acids is 1. The molecule has 18 heavy (non-hydrogen) atoms. The van der Waals surface area contributed by atoms with Gasteiger partial charge in [-0.1, -0.05) is 0 Å². The van der Waals surface area contributed by atoms with E-state index in [9.17, 15) is 9.59 Å². The van der Waals surface area contributed by atoms with E-state index in [-0.39, 0.29) is 18.6 Å². The highest BCUT2D eigenvalue weighted by Crippen LogP contribution is 2.33. The fourth-order valence-electron chi connectivity index (χ4n) is 1.42. The first-order chi connectivity index (χ1) is 8.49. The lowest BCUT2D eigenvalue weighted by molar-refractivity contribution is -0.136. The number of rotatable bonds is 6. The van der Waals surface area contributed by atoms with Crippen molar-refractivity contribution >= 4 is 27.7 Å². The van der Waals surface area contributed by atoms with Gasteiger partial charge in [-0.15, -0.1) is 0 Å². The molecule has 6 heteroatoms. The van der Waals surface area contributed by atoms with Crippen LogP contribution in [-0.4, -0.2) is 31.1 Å². The largest absolute Gasteiger partial charge is 0.493 e. The zero-order valence-electron chi connectivity index (χ0n) is 10.0. The molecule has 0 heterocycles. The molecule has 0 fully saturated rings. The van der Waals surface area contributed by atoms with Crippen LogP contribution in [0.5, 0.6) is 11.5 Å². The summed E-state index contributed by atoms with van der Waals surface area (Å²) in [6.45, 7) is 0. The van der Waals surface area contributed by atoms with Crippen LogP contribution in [-0.2, 0) is 4.79 Å². The van der Waals surface area contributed by atoms with Gasteiger partial charge in [0.2, 0.25) is 0 Å². The number of carbonyl (C=O) groups excluding carboxylic acids is 1. The summed E-state index contributed by atoms with van der Waals surface area (Å²) in [5.41, 5.74) is 0.383. The van der Waals surface area contributed by atoms with E-state index in [2.05, 4.69) is 15.9 Å². The third kappa shape index (κ3) is 3.46. The van der Waals surface area contributed by atoms with Crippen molar-refractivity contribution < 1.29 is 24.2 Å². The number of Topliss-reactive ketones (excluding diaryl/α,β-unsaturated/α-hetero) is 1. The average Bonchev–Trinajstić information content (AvgIpc) is 2.35. The summed E-state index contributed by atoms with van der Waals surface area (Å²) in [6, 6.07) is 3.15. The molecular weight excluding hydrogens is 304 g/mol. The van der Waals surface area contributed by atoms with E-state index in [1.165, 1.54) is 20.3 Å². The number of carboxylic acid groups (broad SMARTS) is 1. The van der Waals surface area contributed by atoms with Gasteiger partial charge in [-0.05, 0) is 28.1 Å². The van der Waals surface area contributed by atoms with Gasteiger partial charge in [-0.25, -0.2) is 0 Å². The van der Waals surface area contributed by atoms with Gasteiger partial charge in [0, 0.05) is 16.5 Å². The predicted molar refractivity (Wildman–Crippen MR) is 68.4 cm³/mol. The molecular formula is C12H13BrO5. The maximum absolute atomic E-state index is 11.8. The molecule has 0 amide bonds. The molecule has 0 saturated carbocycles. The van der Waals surface area contributed by atoms with E-state index in [0.29, 0.717) is 21.5 Å². The number of ketones is 1. The summed E-state index contributed by atoms with van der Waals surface area (Å²) in [6.07, 6.45) is -0.247. The van der Waals surface area contributed by atoms with Crippen molar-refractivity contribution in [3.05, 3.63) is 22.2 Å². The Balaban J connectivity index is 3.01. The number of methoxy groups -OCH3 is 2. The van der Waals surface area contributed by atoms with Crippen molar-refractivity contribution in [1.29, 1.82) is 0 Å². The Hall–Kier alpha value is -1.56. The maximum atomic E-state index is 11.8. The van der Waals surface area contributed by atoms with Crippen molar-refractivity contribution in [2.45, 2.75) is 12.8 Å². The monoisotopic (exact) mass is 316 g/mol. The van der Waals surface area contributed by atoms with Crippen molar-refractivity contribution in [3.8, 4) is 11.5 Å². The summed E-state index contributed by atoms with van der Waals surface area (Å²) in [4.78, 5) is 22.3. The second kappa shape index (κ2) is 6.39. The summed E-state index contributed by atoms with van der Waals surface area (Å²) in [7, 11) is 2.97. The molecule has 0 saturated heterocycles. The number of benzene rings is 1. The van der Waals surface area contributed by atoms with Crippen LogP contribution in [0.3, 0.4) is 0 Å². The SMILES string of the molecule is COc1cc(Br)c(C(=O)CCC(=O)O)cc1OC. The molecule has 1 rings (SSSR count). The molecule has 0 spiro atoms. The van der Waals surface area contributed by atoms with Crippen LogP contribution in [0.15, 0.2) is 16.6 Å². The maximum Gasteiger partial charge on any atom is 0.303 e. The van der Waals surface area contributed by atoms with Gasteiger partial charge >= 0.3 is 5.97 Å². The van der Waals surface area contributed by atoms with Gasteiger partial charge in [-0.2, -0.15) is 0 Å². The van der Waals surface area contributed by atoms with Crippen LogP contribution in [0.25, 0.3) is 0 Å². The Labute approximate surface area is 113 Å². The van der Waals surface area contributed by atoms with Crippen LogP contribution in [0, 0.1) is 0 Å². The standard InChI is InChI=1S/C12H13BrO5/c1-17-10-5-7(8(13)6-11(10)18-2)9(14)3-4-12(15)16/h5-6H,3-4H2,1-2H3,(H,15,16). The number of hydrogen-bond donors (Lipinski definition) is 1. The highest BCUT2D eigenvalue weighted by Gasteiger charge is 2.16. The smallest absolute Gasteiger partial charge is 0.303 e. The lowest BCUT2D eigenvalue weighted by atomic mass is 10.1. The summed E-state index contributed by atoms with van der Waals surface area (Å²) in [5, 5.41) is 8.55. The normalized spacial score (nSPS) is 9.94. The van der Waals surface area contributed by atoms with E-state index in [1.807, 2.05) is 0 Å². The Bertz CT molecular complexity index is 470. The Kier molecular flexibility index (Phi) is 5.15. The van der Waals surface area contributed by atoms with Gasteiger partial charge in [0.1, 0.15) is 0 Å². The molecule has 0 aliphatic rings. The molecule has 0 unspecified atom stereocenters. The van der Waals surface area contributed by atoms with Crippen LogP contribution >= 0.6 is 15.9 Å². The Morgan fingerprint density at radius 1 is 1.17 bits per heavy atom. The van der Waals surface area contributed by atoms with Crippen molar-refractivity contribution in [2.75, 3.05) is 14.2 Å². The lowest BCUT2D eigenvalue weighted by Crippen LogP contribution is -2.05. The summed E-state index contributed by atoms with van der Waals surface area (Å²) >= 11 is 3.26. The lowest BCUT2D eigenvalue weighted by Gasteiger charge is -2.11. The molecule has 5 nitrogen and oxygen atoms in total. The second-order valence-corrected chi connectivity index (χ2v) is 4.36. The first kappa shape index (κ1) is 14.5. The number of carbonyl (C=O) groups is 2. The molecule has 0 radical (unpaired) electrons. The molecule has 0 aromatic heterocycles. The quantitative estimate of drug-likeness (QED) is 0.816. The van der Waals surface area contributed by atoms with Gasteiger partial charge in [0.05, 0.1) is 20.6 Å². The van der Waals surface area contributed by atoms with E-state index in [0.717, 1.165) is 0 Å². The molecule has 98 valence electrons. The molecule has 1 aromatic carbocycles. The molecule has 1 N–H and O–H groups in total. The molecule has 0 atom stereocenters. The van der Waals surface area contributed by atoms with Gasteiger partial charge in [0.15, 0.2) is 17.3 Å². The minimum atomic E-state index is -1.00. The number of halogens is 1. The third-order valence-corrected chi connectivity index (χ3v) is 3.00. The van der Waals surface area contributed by atoms with Gasteiger partial charge in [0.25, 0.3) is 0 Å². The fourth-order valence-corrected chi connectivity index (χ4v) is 1.97. The zero-order chi connectivity index (χ0) is 13.7. The second-order valence-electron chi connectivity index (χ2n) is 3.50. The number of ether oxygens (including phenoxy) is 2. The van der Waals surface area contributed by atoms with Crippen LogP contribution in [0.1, 0.15) is 23.2 Å². The first-order valence-corrected chi connectivity index (χ1v) is 5.95. The van der Waals surface area contributed by atoms with Gasteiger partial charge < -0.3 is 14.6 Å². The minimum absolute atomic E-state index is 0.0522. The summed E-state index contributed by atoms with van der Waals surface area (Å²) < 4.78 is 10.7. The zero-order valence-corrected chi connectivity index (χ0v) is 11.6. The third-order valence-electron chi connectivity index (χ3n) is 2.34. The minimum Gasteiger partial charge on any atom is -0.493 e. The van der Waals surface area contributed by atoms with E-state index >= 15 is 0 Å². The van der Waals surface area contributed by atoms with Crippen LogP contribution < -0.4 is 9.47 Å². The fraction of sp³-hybridized carbons (Fsp3) is 0.333. The van der Waals surface area contributed by atoms with E-state index < -0.39 is 5.97 Å². The topological polar surface area (TPSA) is 72.8 Å². The van der Waals surface area contributed by atoms with Crippen molar-refractivity contribution in [1.82, 2.24) is 0 Å². The van der Waals surface area contributed by atoms with Crippen molar-refractivity contribution in [3.63, 3.8) is 0 Å². The van der Waals surface area contributed by atoms with E-state index in [1.54, 1.807) is 6.07 Å². The highest BCUT2D eigenvalue weighted by molar-refractivity contribution is 9.10. The molecule has 0 aliphatic carbocycles. The highest BCUT2D eigenvalue weighted by atomic mass is 79.9. The Morgan fingerprint density at radius 2 is 1.72 bits per heavy atom. The first-order valence-electron chi connectivity index (χ1n) is 5.16. The van der Waals surface area contributed by atoms with Crippen LogP contribution in [0.4, 0.5) is 0 Å². The molecule has 0 bridgehead atoms. The molecule has 0 aliphatic heterocycles. The predicted octanol–water partition coefficient (Wildman–Crippen LogP) is 2.51. The summed E-state index contributed by atoms with van der Waals surface area (Å²) in [5.74, 6) is -0.330. The number of hydrogen-bond acceptors (Lipinski definition) is 4.